The van der Waals surface area contributed by atoms with E-state index in [0.29, 0.717) is 10.8 Å². The van der Waals surface area contributed by atoms with E-state index < -0.39 is 6.93 Å². The van der Waals surface area contributed by atoms with Gasteiger partial charge in [-0.15, -0.1) is 0 Å². The van der Waals surface area contributed by atoms with Crippen LogP contribution in [0.1, 0.15) is 0 Å². The van der Waals surface area contributed by atoms with Gasteiger partial charge in [0.2, 0.25) is 6.93 Å². The number of pyridine rings is 1. The van der Waals surface area contributed by atoms with Gasteiger partial charge >= 0.3 is 6.03 Å². The van der Waals surface area contributed by atoms with Crippen molar-refractivity contribution in [2.75, 3.05) is 17.6 Å². The summed E-state index contributed by atoms with van der Waals surface area (Å²) in [7, 11) is 0. The number of para-hydroxylation sites is 1. The molecule has 0 unspecified atom stereocenters. The van der Waals surface area contributed by atoms with Gasteiger partial charge in [0.15, 0.2) is 0 Å². The van der Waals surface area contributed by atoms with Gasteiger partial charge in [-0.2, -0.15) is 0 Å². The van der Waals surface area contributed by atoms with Gasteiger partial charge in [0.05, 0.1) is 0 Å². The minimum Gasteiger partial charge on any atom is -0.308 e. The molecule has 1 heterocycles. The van der Waals surface area contributed by atoms with E-state index >= 15 is 0 Å². The highest BCUT2D eigenvalue weighted by molar-refractivity contribution is 6.29. The van der Waals surface area contributed by atoms with Crippen LogP contribution in [0.4, 0.5) is 25.0 Å². The van der Waals surface area contributed by atoms with Gasteiger partial charge in [-0.1, -0.05) is 29.8 Å². The number of alkyl halides is 2. The van der Waals surface area contributed by atoms with Gasteiger partial charge in [-0.3, -0.25) is 0 Å². The zero-order valence-corrected chi connectivity index (χ0v) is 11.1. The number of nitrogens with zero attached hydrogens (tertiary/aromatic N) is 1. The molecular weight excluding hydrogens is 288 g/mol. The third-order valence-corrected chi connectivity index (χ3v) is 2.22. The summed E-state index contributed by atoms with van der Waals surface area (Å²) < 4.78 is 19.2. The first-order valence-corrected chi connectivity index (χ1v) is 5.90. The Morgan fingerprint density at radius 1 is 1.10 bits per heavy atom. The van der Waals surface area contributed by atoms with Gasteiger partial charge < -0.3 is 10.6 Å². The van der Waals surface area contributed by atoms with Crippen LogP contribution in [0.2, 0.25) is 5.15 Å². The van der Waals surface area contributed by atoms with Crippen molar-refractivity contribution >= 4 is 29.0 Å². The fourth-order valence-electron chi connectivity index (χ4n) is 1.30. The first kappa shape index (κ1) is 15.8. The van der Waals surface area contributed by atoms with Gasteiger partial charge in [0.25, 0.3) is 0 Å². The maximum absolute atomic E-state index is 11.6. The number of hydrogen-bond acceptors (Lipinski definition) is 2. The van der Waals surface area contributed by atoms with Gasteiger partial charge in [0, 0.05) is 17.6 Å². The van der Waals surface area contributed by atoms with E-state index in [0.717, 1.165) is 5.69 Å². The maximum Gasteiger partial charge on any atom is 0.323 e. The van der Waals surface area contributed by atoms with Crippen LogP contribution in [0, 0.1) is 0 Å². The average molecular weight is 300 g/mol. The predicted molar refractivity (Wildman–Crippen MR) is 75.4 cm³/mol. The van der Waals surface area contributed by atoms with Crippen molar-refractivity contribution in [2.24, 2.45) is 0 Å². The van der Waals surface area contributed by atoms with Crippen molar-refractivity contribution < 1.29 is 13.6 Å². The molecule has 2 rings (SSSR count). The summed E-state index contributed by atoms with van der Waals surface area (Å²) >= 11 is 5.71. The summed E-state index contributed by atoms with van der Waals surface area (Å²) in [6, 6.07) is 12.1. The number of aromatic nitrogens is 1. The molecule has 0 saturated heterocycles. The lowest BCUT2D eigenvalue weighted by Crippen LogP contribution is -2.19. The molecule has 4 nitrogen and oxygen atoms in total. The molecule has 0 bridgehead atoms. The number of amides is 2. The molecule has 1 aromatic heterocycles. The molecule has 1 aromatic carbocycles. The molecular formula is C13H12ClF2N3O. The molecule has 0 aliphatic rings. The number of carbonyl (C=O) groups excluding carboxylic acids is 1. The highest BCUT2D eigenvalue weighted by atomic mass is 35.5. The number of rotatable bonds is 2. The Bertz CT molecular complexity index is 540. The summed E-state index contributed by atoms with van der Waals surface area (Å²) in [5.74, 6) is 0. The molecule has 2 amide bonds. The van der Waals surface area contributed by atoms with Crippen molar-refractivity contribution in [3.8, 4) is 0 Å². The number of anilines is 2. The minimum absolute atomic E-state index is 0.321. The Hall–Kier alpha value is -2.21. The van der Waals surface area contributed by atoms with Crippen LogP contribution in [-0.4, -0.2) is 17.9 Å². The van der Waals surface area contributed by atoms with Crippen LogP contribution in [0.3, 0.4) is 0 Å². The second kappa shape index (κ2) is 8.82. The zero-order valence-electron chi connectivity index (χ0n) is 10.3. The van der Waals surface area contributed by atoms with Crippen molar-refractivity contribution in [3.05, 3.63) is 53.8 Å². The van der Waals surface area contributed by atoms with Crippen LogP contribution in [0.5, 0.6) is 0 Å². The van der Waals surface area contributed by atoms with E-state index in [4.69, 9.17) is 11.6 Å². The van der Waals surface area contributed by atoms with E-state index in [1.54, 1.807) is 24.3 Å². The van der Waals surface area contributed by atoms with E-state index in [1.807, 2.05) is 18.2 Å². The third-order valence-electron chi connectivity index (χ3n) is 2.02. The lowest BCUT2D eigenvalue weighted by atomic mass is 10.3. The number of hydrogen-bond donors (Lipinski definition) is 2. The SMILES string of the molecule is FCF.O=C(Nc1ccccc1)Nc1ccnc(Cl)c1. The Balaban J connectivity index is 0.000000612. The Morgan fingerprint density at radius 3 is 2.30 bits per heavy atom. The van der Waals surface area contributed by atoms with Crippen LogP contribution >= 0.6 is 11.6 Å². The smallest absolute Gasteiger partial charge is 0.308 e. The normalized spacial score (nSPS) is 9.15. The summed E-state index contributed by atoms with van der Waals surface area (Å²) in [6.45, 7) is -1.75. The van der Waals surface area contributed by atoms with E-state index in [-0.39, 0.29) is 6.03 Å². The van der Waals surface area contributed by atoms with E-state index in [2.05, 4.69) is 15.6 Å². The summed E-state index contributed by atoms with van der Waals surface area (Å²) in [5, 5.41) is 5.69. The van der Waals surface area contributed by atoms with E-state index in [1.165, 1.54) is 6.20 Å². The molecule has 0 aliphatic heterocycles. The second-order valence-corrected chi connectivity index (χ2v) is 3.80. The molecule has 0 radical (unpaired) electrons. The van der Waals surface area contributed by atoms with Crippen molar-refractivity contribution in [1.82, 2.24) is 4.98 Å². The summed E-state index contributed by atoms with van der Waals surface area (Å²) in [4.78, 5) is 15.4. The Morgan fingerprint density at radius 2 is 1.70 bits per heavy atom. The monoisotopic (exact) mass is 299 g/mol. The largest absolute Gasteiger partial charge is 0.323 e. The molecule has 0 spiro atoms. The quantitative estimate of drug-likeness (QED) is 0.814. The highest BCUT2D eigenvalue weighted by Gasteiger charge is 2.02. The summed E-state index contributed by atoms with van der Waals surface area (Å²) in [6.07, 6.45) is 1.53. The maximum atomic E-state index is 11.6. The third kappa shape index (κ3) is 6.10. The minimum atomic E-state index is -1.75. The summed E-state index contributed by atoms with van der Waals surface area (Å²) in [5.41, 5.74) is 1.32. The molecule has 20 heavy (non-hydrogen) atoms. The van der Waals surface area contributed by atoms with Crippen molar-refractivity contribution in [2.45, 2.75) is 0 Å². The number of nitrogens with one attached hydrogen (secondary N) is 2. The van der Waals surface area contributed by atoms with Crippen molar-refractivity contribution in [3.63, 3.8) is 0 Å². The number of halogens is 3. The van der Waals surface area contributed by atoms with Crippen molar-refractivity contribution in [1.29, 1.82) is 0 Å². The molecule has 2 aromatic rings. The molecule has 106 valence electrons. The van der Waals surface area contributed by atoms with Gasteiger partial charge in [0.1, 0.15) is 5.15 Å². The second-order valence-electron chi connectivity index (χ2n) is 3.41. The lowest BCUT2D eigenvalue weighted by Gasteiger charge is -2.07. The van der Waals surface area contributed by atoms with Crippen LogP contribution < -0.4 is 10.6 Å². The molecule has 0 atom stereocenters. The average Bonchev–Trinajstić information content (AvgIpc) is 2.40. The van der Waals surface area contributed by atoms with E-state index in [9.17, 15) is 13.6 Å². The highest BCUT2D eigenvalue weighted by Crippen LogP contribution is 2.12. The first-order valence-electron chi connectivity index (χ1n) is 5.52. The number of benzene rings is 1. The fraction of sp³-hybridized carbons (Fsp3) is 0.0769. The van der Waals surface area contributed by atoms with Gasteiger partial charge in [-0.25, -0.2) is 18.6 Å². The standard InChI is InChI=1S/C12H10ClN3O.CH2F2/c13-11-8-10(6-7-14-11)16-12(17)15-9-4-2-1-3-5-9;2-1-3/h1-8H,(H2,14,15,16,17);1H2. The molecule has 2 N–H and O–H groups in total. The zero-order chi connectivity index (χ0) is 14.8. The Labute approximate surface area is 119 Å². The van der Waals surface area contributed by atoms with Crippen LogP contribution in [0.25, 0.3) is 0 Å². The first-order chi connectivity index (χ1) is 9.65. The number of urea groups is 1. The molecule has 0 aliphatic carbocycles. The molecule has 7 heteroatoms. The Kier molecular flexibility index (Phi) is 6.99. The van der Waals surface area contributed by atoms with Gasteiger partial charge in [-0.05, 0) is 24.3 Å². The topological polar surface area (TPSA) is 54.0 Å². The van der Waals surface area contributed by atoms with Crippen LogP contribution in [-0.2, 0) is 0 Å². The predicted octanol–water partition coefficient (Wildman–Crippen LogP) is 4.26. The van der Waals surface area contributed by atoms with Crippen LogP contribution in [0.15, 0.2) is 48.7 Å². The molecule has 0 saturated carbocycles. The number of carbonyl (C=O) groups is 1. The fourth-order valence-corrected chi connectivity index (χ4v) is 1.47. The lowest BCUT2D eigenvalue weighted by molar-refractivity contribution is 0.262. The molecule has 0 fully saturated rings.